The van der Waals surface area contributed by atoms with Crippen LogP contribution in [0.5, 0.6) is 0 Å². The van der Waals surface area contributed by atoms with E-state index >= 15 is 0 Å². The van der Waals surface area contributed by atoms with Crippen LogP contribution in [0.3, 0.4) is 0 Å². The fourth-order valence-corrected chi connectivity index (χ4v) is 32.0. The van der Waals surface area contributed by atoms with Gasteiger partial charge >= 0.3 is 18.1 Å². The molecule has 18 heteroatoms. The number of hydrogen-bond donors (Lipinski definition) is 4. The lowest BCUT2D eigenvalue weighted by Gasteiger charge is -2.43. The van der Waals surface area contributed by atoms with Crippen LogP contribution < -0.4 is 43.7 Å². The molecule has 356 valence electrons. The van der Waals surface area contributed by atoms with Crippen LogP contribution in [0.2, 0.25) is 50.4 Å². The highest BCUT2D eigenvalue weighted by Gasteiger charge is 2.59. The first-order valence-corrected chi connectivity index (χ1v) is 36.5. The number of hydrogen-bond acceptors (Lipinski definition) is 12. The fraction of sp³-hybridized carbons (Fsp3) is 0.478. The molecule has 0 aliphatic heterocycles. The lowest BCUT2D eigenvalue weighted by Crippen LogP contribution is -2.73. The van der Waals surface area contributed by atoms with E-state index in [9.17, 15) is 0 Å². The molecular weight excluding hydrogens is 905 g/mol. The zero-order chi connectivity index (χ0) is 47.0. The minimum absolute atomic E-state index is 0.598. The zero-order valence-electron chi connectivity index (χ0n) is 40.0. The van der Waals surface area contributed by atoms with Gasteiger partial charge in [0.15, 0.2) is 16.6 Å². The lowest BCUT2D eigenvalue weighted by atomic mass is 10.2. The van der Waals surface area contributed by atoms with Crippen molar-refractivity contribution in [2.45, 2.75) is 88.9 Å². The van der Waals surface area contributed by atoms with Gasteiger partial charge in [-0.3, -0.25) is 0 Å². The van der Waals surface area contributed by atoms with Gasteiger partial charge in [0.05, 0.1) is 0 Å². The molecule has 0 aromatic heterocycles. The van der Waals surface area contributed by atoms with Crippen LogP contribution in [0.15, 0.2) is 121 Å². The lowest BCUT2D eigenvalue weighted by molar-refractivity contribution is 0.0756. The van der Waals surface area contributed by atoms with Gasteiger partial charge < -0.3 is 57.1 Å². The van der Waals surface area contributed by atoms with E-state index in [0.29, 0.717) is 26.2 Å². The molecule has 4 aromatic rings. The van der Waals surface area contributed by atoms with Gasteiger partial charge in [0.1, 0.15) is 0 Å². The molecule has 0 bridgehead atoms. The average molecular weight is 986 g/mol. The zero-order valence-corrected chi connectivity index (χ0v) is 46.0. The van der Waals surface area contributed by atoms with Crippen molar-refractivity contribution in [3.63, 3.8) is 0 Å². The molecule has 0 amide bonds. The van der Waals surface area contributed by atoms with Crippen molar-refractivity contribution in [1.29, 1.82) is 0 Å². The Kier molecular flexibility index (Phi) is 24.6. The summed E-state index contributed by atoms with van der Waals surface area (Å²) in [5.74, 6) is 0. The third kappa shape index (κ3) is 16.5. The Labute approximate surface area is 392 Å². The monoisotopic (exact) mass is 984 g/mol. The standard InChI is InChI=1S/C36H50N2O4Si3.C10H30N2O4Si3/c1-39-45(40-2,41-43(31-19-7-17-29-37,33-21-9-3-10-22-33)34-23-11-4-12-24-34)42-44(32-20-8-18-30-38,35-25-13-5-14-26-35)36-27-15-6-16-28-36;1-13-19(14-2,15-17(3,4)9-7-11)16-18(5,6)10-8-12/h3-6,9-16,21-28H,7-8,17-20,29-32,37-38H2,1-2H3;7-12H2,1-6H3. The van der Waals surface area contributed by atoms with Crippen molar-refractivity contribution >= 4 is 72.1 Å². The van der Waals surface area contributed by atoms with Gasteiger partial charge in [-0.05, 0) is 110 Å². The van der Waals surface area contributed by atoms with E-state index in [-0.39, 0.29) is 0 Å². The highest BCUT2D eigenvalue weighted by Crippen LogP contribution is 2.30. The maximum absolute atomic E-state index is 7.60. The first-order chi connectivity index (χ1) is 30.7. The molecule has 12 nitrogen and oxygen atoms in total. The summed E-state index contributed by atoms with van der Waals surface area (Å²) in [7, 11) is -10.2. The molecule has 0 fully saturated rings. The van der Waals surface area contributed by atoms with Gasteiger partial charge in [0.2, 0.25) is 0 Å². The molecule has 64 heavy (non-hydrogen) atoms. The maximum Gasteiger partial charge on any atom is 0.658 e. The van der Waals surface area contributed by atoms with E-state index in [1.807, 2.05) is 0 Å². The molecule has 0 saturated carbocycles. The van der Waals surface area contributed by atoms with Crippen molar-refractivity contribution in [1.82, 2.24) is 0 Å². The number of rotatable bonds is 30. The van der Waals surface area contributed by atoms with Crippen molar-refractivity contribution in [2.75, 3.05) is 54.6 Å². The topological polar surface area (TPSA) is 178 Å². The normalized spacial score (nSPS) is 12.8. The van der Waals surface area contributed by atoms with Crippen LogP contribution >= 0.6 is 0 Å². The molecule has 0 aliphatic carbocycles. The highest BCUT2D eigenvalue weighted by atomic mass is 28.5. The van der Waals surface area contributed by atoms with Crippen LogP contribution in [0.1, 0.15) is 38.5 Å². The van der Waals surface area contributed by atoms with Crippen LogP contribution in [-0.4, -0.2) is 106 Å². The smallest absolute Gasteiger partial charge is 0.395 e. The molecule has 0 spiro atoms. The van der Waals surface area contributed by atoms with Crippen molar-refractivity contribution in [3.05, 3.63) is 121 Å². The second-order valence-electron chi connectivity index (χ2n) is 17.1. The number of unbranched alkanes of at least 4 members (excludes halogenated alkanes) is 4. The van der Waals surface area contributed by atoms with Crippen LogP contribution in [0, 0.1) is 0 Å². The molecule has 0 atom stereocenters. The minimum Gasteiger partial charge on any atom is -0.395 e. The molecule has 0 heterocycles. The molecule has 0 radical (unpaired) electrons. The second-order valence-corrected chi connectivity index (χ2v) is 38.7. The van der Waals surface area contributed by atoms with E-state index in [0.717, 1.165) is 62.7 Å². The van der Waals surface area contributed by atoms with E-state index in [2.05, 4.69) is 148 Å². The molecule has 0 saturated heterocycles. The van der Waals surface area contributed by atoms with Crippen LogP contribution in [0.4, 0.5) is 0 Å². The third-order valence-corrected chi connectivity index (χ3v) is 34.7. The first kappa shape index (κ1) is 56.0. The van der Waals surface area contributed by atoms with Gasteiger partial charge in [-0.15, -0.1) is 0 Å². The summed E-state index contributed by atoms with van der Waals surface area (Å²) in [5, 5.41) is 4.70. The fourth-order valence-electron chi connectivity index (χ4n) is 7.91. The molecule has 8 N–H and O–H groups in total. The Balaban J connectivity index is 0.000000483. The molecule has 0 unspecified atom stereocenters. The summed E-state index contributed by atoms with van der Waals surface area (Å²) in [4.78, 5) is 0. The van der Waals surface area contributed by atoms with Crippen molar-refractivity contribution < 1.29 is 34.2 Å². The van der Waals surface area contributed by atoms with Crippen molar-refractivity contribution in [2.24, 2.45) is 22.9 Å². The summed E-state index contributed by atoms with van der Waals surface area (Å²) in [6.07, 6.45) is 5.95. The Hall–Kier alpha value is -2.30. The highest BCUT2D eigenvalue weighted by molar-refractivity contribution is 7.04. The van der Waals surface area contributed by atoms with E-state index < -0.39 is 51.4 Å². The molecular formula is C46H80N4O8Si6. The van der Waals surface area contributed by atoms with Crippen LogP contribution in [0.25, 0.3) is 0 Å². The summed E-state index contributed by atoms with van der Waals surface area (Å²) in [5.41, 5.74) is 23.1. The third-order valence-electron chi connectivity index (χ3n) is 11.3. The van der Waals surface area contributed by atoms with Crippen molar-refractivity contribution in [3.8, 4) is 0 Å². The van der Waals surface area contributed by atoms with Crippen LogP contribution in [-0.2, 0) is 34.2 Å². The Morgan fingerprint density at radius 2 is 0.594 bits per heavy atom. The number of benzene rings is 4. The predicted molar refractivity (Wildman–Crippen MR) is 278 cm³/mol. The Bertz CT molecular complexity index is 1620. The summed E-state index contributed by atoms with van der Waals surface area (Å²) < 4.78 is 51.4. The number of nitrogens with two attached hydrogens (primary N) is 4. The average Bonchev–Trinajstić information content (AvgIpc) is 3.31. The summed E-state index contributed by atoms with van der Waals surface area (Å²) in [6, 6.07) is 45.9. The minimum atomic E-state index is -3.81. The van der Waals surface area contributed by atoms with Gasteiger partial charge in [-0.25, -0.2) is 0 Å². The largest absolute Gasteiger partial charge is 0.658 e. The van der Waals surface area contributed by atoms with E-state index in [1.54, 1.807) is 28.4 Å². The molecule has 0 aliphatic rings. The van der Waals surface area contributed by atoms with E-state index in [4.69, 9.17) is 57.1 Å². The Morgan fingerprint density at radius 3 is 0.828 bits per heavy atom. The molecule has 4 aromatic carbocycles. The van der Waals surface area contributed by atoms with E-state index in [1.165, 1.54) is 20.7 Å². The second kappa shape index (κ2) is 28.1. The van der Waals surface area contributed by atoms with Gasteiger partial charge in [-0.2, -0.15) is 0 Å². The SMILES string of the molecule is CO[Si](OC)(O[Si](C)(C)CCN)O[Si](C)(C)CCN.CO[Si](OC)(O[Si](CCCCCN)(c1ccccc1)c1ccccc1)O[Si](CCCCCN)(c1ccccc1)c1ccccc1. The van der Waals surface area contributed by atoms with Gasteiger partial charge in [-0.1, -0.05) is 147 Å². The summed E-state index contributed by atoms with van der Waals surface area (Å²) in [6.45, 7) is 10.9. The first-order valence-electron chi connectivity index (χ1n) is 22.8. The molecule has 4 rings (SSSR count). The van der Waals surface area contributed by atoms with Gasteiger partial charge in [0.25, 0.3) is 16.6 Å². The Morgan fingerprint density at radius 1 is 0.328 bits per heavy atom. The summed E-state index contributed by atoms with van der Waals surface area (Å²) >= 11 is 0. The van der Waals surface area contributed by atoms with Gasteiger partial charge in [0, 0.05) is 28.4 Å². The maximum atomic E-state index is 7.60. The quantitative estimate of drug-likeness (QED) is 0.0377. The predicted octanol–water partition coefficient (Wildman–Crippen LogP) is 5.60.